The molecule has 0 saturated carbocycles. The van der Waals surface area contributed by atoms with Gasteiger partial charge in [-0.1, -0.05) is 12.1 Å². The highest BCUT2D eigenvalue weighted by Gasteiger charge is 1.98. The zero-order valence-corrected chi connectivity index (χ0v) is 8.40. The zero-order valence-electron chi connectivity index (χ0n) is 7.50. The Kier molecular flexibility index (Phi) is 3.48. The first-order chi connectivity index (χ1) is 5.77. The zero-order chi connectivity index (χ0) is 8.97. The second-order valence-electron chi connectivity index (χ2n) is 2.78. The van der Waals surface area contributed by atoms with Crippen LogP contribution in [0.15, 0.2) is 18.2 Å². The van der Waals surface area contributed by atoms with Crippen molar-refractivity contribution in [2.75, 3.05) is 12.9 Å². The summed E-state index contributed by atoms with van der Waals surface area (Å²) in [6, 6.07) is 6.28. The van der Waals surface area contributed by atoms with Crippen molar-refractivity contribution in [3.8, 4) is 5.75 Å². The van der Waals surface area contributed by atoms with Gasteiger partial charge in [0.1, 0.15) is 5.75 Å². The van der Waals surface area contributed by atoms with E-state index >= 15 is 0 Å². The van der Waals surface area contributed by atoms with Crippen molar-refractivity contribution < 1.29 is 4.74 Å². The van der Waals surface area contributed by atoms with Gasteiger partial charge in [-0.05, 0) is 36.3 Å². The summed E-state index contributed by atoms with van der Waals surface area (Å²) in [5.41, 5.74) is 2.47. The third kappa shape index (κ3) is 2.18. The second-order valence-corrected chi connectivity index (χ2v) is 3.22. The average molecular weight is 182 g/mol. The number of benzene rings is 1. The molecule has 12 heavy (non-hydrogen) atoms. The maximum absolute atomic E-state index is 5.21. The van der Waals surface area contributed by atoms with Gasteiger partial charge < -0.3 is 4.74 Å². The van der Waals surface area contributed by atoms with Gasteiger partial charge in [0.2, 0.25) is 0 Å². The van der Waals surface area contributed by atoms with Crippen LogP contribution in [0, 0.1) is 6.92 Å². The quantitative estimate of drug-likeness (QED) is 0.707. The molecule has 0 aliphatic carbocycles. The van der Waals surface area contributed by atoms with Crippen LogP contribution < -0.4 is 4.74 Å². The fraction of sp³-hybridized carbons (Fsp3) is 0.400. The van der Waals surface area contributed by atoms with Crippen LogP contribution in [0.4, 0.5) is 0 Å². The van der Waals surface area contributed by atoms with E-state index in [0.29, 0.717) is 0 Å². The van der Waals surface area contributed by atoms with Gasteiger partial charge in [-0.3, -0.25) is 0 Å². The van der Waals surface area contributed by atoms with Crippen LogP contribution in [0.2, 0.25) is 0 Å². The Hall–Kier alpha value is -0.630. The summed E-state index contributed by atoms with van der Waals surface area (Å²) in [5.74, 6) is 1.85. The monoisotopic (exact) mass is 182 g/mol. The molecule has 0 heterocycles. The Balaban J connectivity index is 2.89. The molecule has 0 atom stereocenters. The van der Waals surface area contributed by atoms with Crippen molar-refractivity contribution in [2.24, 2.45) is 0 Å². The number of ether oxygens (including phenoxy) is 1. The Morgan fingerprint density at radius 1 is 1.42 bits per heavy atom. The average Bonchev–Trinajstić information content (AvgIpc) is 2.09. The van der Waals surface area contributed by atoms with Gasteiger partial charge in [0.05, 0.1) is 7.11 Å². The Morgan fingerprint density at radius 3 is 2.75 bits per heavy atom. The van der Waals surface area contributed by atoms with Gasteiger partial charge >= 0.3 is 0 Å². The van der Waals surface area contributed by atoms with Gasteiger partial charge in [0, 0.05) is 0 Å². The van der Waals surface area contributed by atoms with Crippen LogP contribution in [0.1, 0.15) is 11.1 Å². The summed E-state index contributed by atoms with van der Waals surface area (Å²) in [6.07, 6.45) is 1.000. The molecule has 0 aromatic heterocycles. The Bertz CT molecular complexity index is 258. The smallest absolute Gasteiger partial charge is 0.122 e. The van der Waals surface area contributed by atoms with Crippen molar-refractivity contribution in [1.29, 1.82) is 0 Å². The highest BCUT2D eigenvalue weighted by atomic mass is 32.1. The first kappa shape index (κ1) is 9.46. The molecule has 0 saturated heterocycles. The van der Waals surface area contributed by atoms with Gasteiger partial charge in [0.25, 0.3) is 0 Å². The van der Waals surface area contributed by atoms with Crippen molar-refractivity contribution in [1.82, 2.24) is 0 Å². The van der Waals surface area contributed by atoms with E-state index in [0.717, 1.165) is 17.9 Å². The molecular weight excluding hydrogens is 168 g/mol. The predicted octanol–water partition coefficient (Wildman–Crippen LogP) is 2.48. The lowest BCUT2D eigenvalue weighted by Gasteiger charge is -2.06. The van der Waals surface area contributed by atoms with Crippen LogP contribution in [0.3, 0.4) is 0 Å². The van der Waals surface area contributed by atoms with E-state index in [1.807, 2.05) is 6.92 Å². The third-order valence-electron chi connectivity index (χ3n) is 1.87. The molecule has 0 amide bonds. The largest absolute Gasteiger partial charge is 0.496 e. The van der Waals surface area contributed by atoms with E-state index in [1.165, 1.54) is 11.1 Å². The number of aryl methyl sites for hydroxylation is 2. The number of thiol groups is 1. The molecule has 66 valence electrons. The van der Waals surface area contributed by atoms with Crippen molar-refractivity contribution in [3.63, 3.8) is 0 Å². The van der Waals surface area contributed by atoms with Gasteiger partial charge in [-0.15, -0.1) is 0 Å². The van der Waals surface area contributed by atoms with E-state index in [2.05, 4.69) is 30.8 Å². The lowest BCUT2D eigenvalue weighted by molar-refractivity contribution is 0.411. The van der Waals surface area contributed by atoms with Crippen molar-refractivity contribution >= 4 is 12.6 Å². The molecule has 0 fully saturated rings. The SMILES string of the molecule is COc1cc(CCS)ccc1C. The van der Waals surface area contributed by atoms with E-state index in [-0.39, 0.29) is 0 Å². The predicted molar refractivity (Wildman–Crippen MR) is 55.3 cm³/mol. The fourth-order valence-corrected chi connectivity index (χ4v) is 1.41. The van der Waals surface area contributed by atoms with E-state index in [4.69, 9.17) is 4.74 Å². The molecule has 0 radical (unpaired) electrons. The molecule has 0 bridgehead atoms. The molecule has 2 heteroatoms. The lowest BCUT2D eigenvalue weighted by Crippen LogP contribution is -1.91. The number of hydrogen-bond acceptors (Lipinski definition) is 2. The normalized spacial score (nSPS) is 9.92. The molecule has 0 N–H and O–H groups in total. The Labute approximate surface area is 79.2 Å². The summed E-state index contributed by atoms with van der Waals surface area (Å²) >= 11 is 4.18. The molecular formula is C10H14OS. The number of rotatable bonds is 3. The number of hydrogen-bond donors (Lipinski definition) is 1. The summed E-state index contributed by atoms with van der Waals surface area (Å²) in [5, 5.41) is 0. The third-order valence-corrected chi connectivity index (χ3v) is 2.10. The van der Waals surface area contributed by atoms with Gasteiger partial charge in [-0.25, -0.2) is 0 Å². The molecule has 0 unspecified atom stereocenters. The topological polar surface area (TPSA) is 9.23 Å². The molecule has 1 aromatic carbocycles. The highest BCUT2D eigenvalue weighted by molar-refractivity contribution is 7.80. The molecule has 0 aliphatic rings. The summed E-state index contributed by atoms with van der Waals surface area (Å²) in [4.78, 5) is 0. The highest BCUT2D eigenvalue weighted by Crippen LogP contribution is 2.19. The summed E-state index contributed by atoms with van der Waals surface area (Å²) < 4.78 is 5.21. The van der Waals surface area contributed by atoms with Crippen LogP contribution in [-0.2, 0) is 6.42 Å². The maximum Gasteiger partial charge on any atom is 0.122 e. The van der Waals surface area contributed by atoms with Crippen LogP contribution in [-0.4, -0.2) is 12.9 Å². The first-order valence-corrected chi connectivity index (χ1v) is 4.65. The fourth-order valence-electron chi connectivity index (χ4n) is 1.15. The molecule has 1 nitrogen and oxygen atoms in total. The minimum atomic E-state index is 0.881. The van der Waals surface area contributed by atoms with E-state index < -0.39 is 0 Å². The summed E-state index contributed by atoms with van der Waals surface area (Å²) in [6.45, 7) is 2.04. The van der Waals surface area contributed by atoms with Gasteiger partial charge in [-0.2, -0.15) is 12.6 Å². The second kappa shape index (κ2) is 4.41. The molecule has 0 spiro atoms. The number of methoxy groups -OCH3 is 1. The Morgan fingerprint density at radius 2 is 2.17 bits per heavy atom. The first-order valence-electron chi connectivity index (χ1n) is 4.02. The van der Waals surface area contributed by atoms with Crippen molar-refractivity contribution in [3.05, 3.63) is 29.3 Å². The summed E-state index contributed by atoms with van der Waals surface area (Å²) in [7, 11) is 1.70. The van der Waals surface area contributed by atoms with Crippen LogP contribution >= 0.6 is 12.6 Å². The standard InChI is InChI=1S/C10H14OS/c1-8-3-4-9(5-6-12)7-10(8)11-2/h3-4,7,12H,5-6H2,1-2H3. The minimum absolute atomic E-state index is 0.881. The minimum Gasteiger partial charge on any atom is -0.496 e. The van der Waals surface area contributed by atoms with Gasteiger partial charge in [0.15, 0.2) is 0 Å². The lowest BCUT2D eigenvalue weighted by atomic mass is 10.1. The van der Waals surface area contributed by atoms with E-state index in [9.17, 15) is 0 Å². The van der Waals surface area contributed by atoms with Crippen molar-refractivity contribution in [2.45, 2.75) is 13.3 Å². The molecule has 1 rings (SSSR count). The van der Waals surface area contributed by atoms with Crippen LogP contribution in [0.5, 0.6) is 5.75 Å². The molecule has 1 aromatic rings. The molecule has 0 aliphatic heterocycles. The van der Waals surface area contributed by atoms with Crippen LogP contribution in [0.25, 0.3) is 0 Å². The maximum atomic E-state index is 5.21. The van der Waals surface area contributed by atoms with E-state index in [1.54, 1.807) is 7.11 Å².